The fourth-order valence-electron chi connectivity index (χ4n) is 2.25. The van der Waals surface area contributed by atoms with Gasteiger partial charge in [0.25, 0.3) is 0 Å². The molecule has 0 fully saturated rings. The molecule has 2 rings (SSSR count). The molecule has 108 valence electrons. The van der Waals surface area contributed by atoms with Crippen LogP contribution in [0.2, 0.25) is 0 Å². The summed E-state index contributed by atoms with van der Waals surface area (Å²) in [4.78, 5) is 0. The van der Waals surface area contributed by atoms with Gasteiger partial charge in [0.1, 0.15) is 0 Å². The number of rotatable bonds is 7. The van der Waals surface area contributed by atoms with Crippen LogP contribution in [0.25, 0.3) is 5.69 Å². The minimum absolute atomic E-state index is 0.751. The van der Waals surface area contributed by atoms with Crippen LogP contribution in [0, 0.1) is 13.8 Å². The second kappa shape index (κ2) is 7.22. The van der Waals surface area contributed by atoms with Gasteiger partial charge < -0.3 is 10.1 Å². The van der Waals surface area contributed by atoms with Gasteiger partial charge >= 0.3 is 0 Å². The van der Waals surface area contributed by atoms with Crippen LogP contribution in [-0.2, 0) is 11.3 Å². The van der Waals surface area contributed by atoms with E-state index in [1.165, 1.54) is 11.3 Å². The number of aromatic nitrogens is 2. The first-order valence-electron chi connectivity index (χ1n) is 7.13. The summed E-state index contributed by atoms with van der Waals surface area (Å²) in [6.45, 7) is 9.41. The van der Waals surface area contributed by atoms with Gasteiger partial charge in [0.05, 0.1) is 18.0 Å². The van der Waals surface area contributed by atoms with Crippen molar-refractivity contribution in [2.45, 2.75) is 27.3 Å². The molecular weight excluding hydrogens is 250 g/mol. The zero-order chi connectivity index (χ0) is 14.4. The highest BCUT2D eigenvalue weighted by molar-refractivity contribution is 5.36. The molecule has 0 saturated heterocycles. The van der Waals surface area contributed by atoms with Crippen LogP contribution in [0.15, 0.2) is 30.3 Å². The molecule has 1 aromatic carbocycles. The molecule has 0 aliphatic heterocycles. The second-order valence-electron chi connectivity index (χ2n) is 4.77. The van der Waals surface area contributed by atoms with E-state index in [4.69, 9.17) is 4.74 Å². The Morgan fingerprint density at radius 3 is 2.65 bits per heavy atom. The molecule has 0 radical (unpaired) electrons. The highest BCUT2D eigenvalue weighted by Crippen LogP contribution is 2.17. The molecule has 1 heterocycles. The summed E-state index contributed by atoms with van der Waals surface area (Å²) in [5.41, 5.74) is 4.65. The summed E-state index contributed by atoms with van der Waals surface area (Å²) in [5, 5.41) is 8.05. The maximum Gasteiger partial charge on any atom is 0.0648 e. The number of hydrogen-bond acceptors (Lipinski definition) is 3. The zero-order valence-electron chi connectivity index (χ0n) is 12.5. The van der Waals surface area contributed by atoms with Gasteiger partial charge in [0.15, 0.2) is 0 Å². The first kappa shape index (κ1) is 14.8. The number of benzene rings is 1. The van der Waals surface area contributed by atoms with Crippen LogP contribution in [0.3, 0.4) is 0 Å². The number of aryl methyl sites for hydroxylation is 1. The molecule has 1 N–H and O–H groups in total. The van der Waals surface area contributed by atoms with Crippen LogP contribution >= 0.6 is 0 Å². The Bertz CT molecular complexity index is 534. The highest BCUT2D eigenvalue weighted by Gasteiger charge is 2.11. The molecule has 0 aliphatic rings. The van der Waals surface area contributed by atoms with Crippen molar-refractivity contribution in [1.82, 2.24) is 15.1 Å². The lowest BCUT2D eigenvalue weighted by Crippen LogP contribution is -2.20. The molecule has 0 aliphatic carbocycles. The SMILES string of the molecule is CCOCCNCc1c(C)nn(-c2ccccc2)c1C. The van der Waals surface area contributed by atoms with Crippen molar-refractivity contribution < 1.29 is 4.74 Å². The third-order valence-electron chi connectivity index (χ3n) is 3.37. The van der Waals surface area contributed by atoms with Gasteiger partial charge in [-0.05, 0) is 32.9 Å². The molecule has 0 amide bonds. The van der Waals surface area contributed by atoms with E-state index >= 15 is 0 Å². The van der Waals surface area contributed by atoms with Gasteiger partial charge in [-0.1, -0.05) is 18.2 Å². The van der Waals surface area contributed by atoms with Crippen molar-refractivity contribution in [1.29, 1.82) is 0 Å². The Hall–Kier alpha value is -1.65. The summed E-state index contributed by atoms with van der Waals surface area (Å²) < 4.78 is 7.33. The Morgan fingerprint density at radius 1 is 1.20 bits per heavy atom. The van der Waals surface area contributed by atoms with Crippen molar-refractivity contribution in [2.24, 2.45) is 0 Å². The van der Waals surface area contributed by atoms with E-state index in [-0.39, 0.29) is 0 Å². The van der Waals surface area contributed by atoms with E-state index in [0.29, 0.717) is 0 Å². The van der Waals surface area contributed by atoms with Crippen LogP contribution in [0.4, 0.5) is 0 Å². The molecule has 20 heavy (non-hydrogen) atoms. The second-order valence-corrected chi connectivity index (χ2v) is 4.77. The third-order valence-corrected chi connectivity index (χ3v) is 3.37. The van der Waals surface area contributed by atoms with E-state index in [0.717, 1.165) is 37.7 Å². The summed E-state index contributed by atoms with van der Waals surface area (Å²) >= 11 is 0. The Kier molecular flexibility index (Phi) is 5.32. The number of nitrogens with one attached hydrogen (secondary N) is 1. The summed E-state index contributed by atoms with van der Waals surface area (Å²) in [6, 6.07) is 10.2. The Labute approximate surface area is 120 Å². The van der Waals surface area contributed by atoms with E-state index in [1.54, 1.807) is 0 Å². The monoisotopic (exact) mass is 273 g/mol. The average Bonchev–Trinajstić information content (AvgIpc) is 2.75. The van der Waals surface area contributed by atoms with Crippen LogP contribution in [0.5, 0.6) is 0 Å². The summed E-state index contributed by atoms with van der Waals surface area (Å²) in [5.74, 6) is 0. The maximum absolute atomic E-state index is 5.32. The van der Waals surface area contributed by atoms with Crippen molar-refractivity contribution in [2.75, 3.05) is 19.8 Å². The quantitative estimate of drug-likeness (QED) is 0.788. The molecule has 0 unspecified atom stereocenters. The lowest BCUT2D eigenvalue weighted by atomic mass is 10.2. The zero-order valence-corrected chi connectivity index (χ0v) is 12.5. The smallest absolute Gasteiger partial charge is 0.0648 e. The van der Waals surface area contributed by atoms with Gasteiger partial charge in [-0.2, -0.15) is 5.10 Å². The standard InChI is InChI=1S/C16H23N3O/c1-4-20-11-10-17-12-16-13(2)18-19(14(16)3)15-8-6-5-7-9-15/h5-9,17H,4,10-12H2,1-3H3. The van der Waals surface area contributed by atoms with E-state index in [1.807, 2.05) is 29.8 Å². The van der Waals surface area contributed by atoms with E-state index in [9.17, 15) is 0 Å². The maximum atomic E-state index is 5.32. The first-order chi connectivity index (χ1) is 9.74. The van der Waals surface area contributed by atoms with Gasteiger partial charge in [-0.25, -0.2) is 4.68 Å². The van der Waals surface area contributed by atoms with Gasteiger partial charge in [0.2, 0.25) is 0 Å². The lowest BCUT2D eigenvalue weighted by Gasteiger charge is -2.07. The van der Waals surface area contributed by atoms with Crippen LogP contribution in [0.1, 0.15) is 23.9 Å². The number of para-hydroxylation sites is 1. The molecule has 0 atom stereocenters. The lowest BCUT2D eigenvalue weighted by molar-refractivity contribution is 0.149. The number of nitrogens with zero attached hydrogens (tertiary/aromatic N) is 2. The summed E-state index contributed by atoms with van der Waals surface area (Å²) in [6.07, 6.45) is 0. The fourth-order valence-corrected chi connectivity index (χ4v) is 2.25. The Balaban J connectivity index is 2.06. The van der Waals surface area contributed by atoms with Crippen molar-refractivity contribution in [3.63, 3.8) is 0 Å². The molecule has 2 aromatic rings. The molecular formula is C16H23N3O. The third kappa shape index (κ3) is 3.46. The van der Waals surface area contributed by atoms with Gasteiger partial charge in [-0.15, -0.1) is 0 Å². The number of ether oxygens (including phenoxy) is 1. The topological polar surface area (TPSA) is 39.1 Å². The molecule has 4 nitrogen and oxygen atoms in total. The summed E-state index contributed by atoms with van der Waals surface area (Å²) in [7, 11) is 0. The van der Waals surface area contributed by atoms with Crippen LogP contribution < -0.4 is 5.32 Å². The predicted octanol–water partition coefficient (Wildman–Crippen LogP) is 2.62. The minimum Gasteiger partial charge on any atom is -0.380 e. The Morgan fingerprint density at radius 2 is 1.95 bits per heavy atom. The van der Waals surface area contributed by atoms with Gasteiger partial charge in [0, 0.05) is 31.0 Å². The first-order valence-corrected chi connectivity index (χ1v) is 7.13. The van der Waals surface area contributed by atoms with Crippen molar-refractivity contribution in [3.8, 4) is 5.69 Å². The molecule has 0 spiro atoms. The van der Waals surface area contributed by atoms with Crippen molar-refractivity contribution >= 4 is 0 Å². The van der Waals surface area contributed by atoms with E-state index in [2.05, 4.69) is 36.4 Å². The number of hydrogen-bond donors (Lipinski definition) is 1. The minimum atomic E-state index is 0.751. The van der Waals surface area contributed by atoms with Crippen molar-refractivity contribution in [3.05, 3.63) is 47.3 Å². The largest absolute Gasteiger partial charge is 0.380 e. The van der Waals surface area contributed by atoms with Crippen LogP contribution in [-0.4, -0.2) is 29.5 Å². The normalized spacial score (nSPS) is 10.9. The predicted molar refractivity (Wildman–Crippen MR) is 81.2 cm³/mol. The highest BCUT2D eigenvalue weighted by atomic mass is 16.5. The molecule has 0 bridgehead atoms. The molecule has 4 heteroatoms. The van der Waals surface area contributed by atoms with E-state index < -0.39 is 0 Å². The molecule has 1 aromatic heterocycles. The fraction of sp³-hybridized carbons (Fsp3) is 0.438. The average molecular weight is 273 g/mol. The molecule has 0 saturated carbocycles. The van der Waals surface area contributed by atoms with Gasteiger partial charge in [-0.3, -0.25) is 0 Å².